The van der Waals surface area contributed by atoms with Crippen LogP contribution in [0.4, 0.5) is 0 Å². The number of carbonyl (C=O) groups excluding carboxylic acids is 2. The van der Waals surface area contributed by atoms with Crippen molar-refractivity contribution < 1.29 is 19.1 Å². The van der Waals surface area contributed by atoms with Crippen molar-refractivity contribution in [1.82, 2.24) is 25.0 Å². The molecule has 0 amide bonds. The van der Waals surface area contributed by atoms with Crippen LogP contribution in [-0.2, 0) is 14.3 Å². The Hall–Kier alpha value is -4.25. The van der Waals surface area contributed by atoms with Gasteiger partial charge in [-0.2, -0.15) is 0 Å². The highest BCUT2D eigenvalue weighted by Crippen LogP contribution is 2.40. The smallest absolute Gasteiger partial charge is 0.358 e. The molecular formula is C29H30N6O4S. The van der Waals surface area contributed by atoms with Crippen molar-refractivity contribution in [3.8, 4) is 16.3 Å². The Labute approximate surface area is 236 Å². The van der Waals surface area contributed by atoms with Gasteiger partial charge < -0.3 is 9.47 Å². The van der Waals surface area contributed by atoms with Crippen molar-refractivity contribution in [3.63, 3.8) is 0 Å². The molecule has 0 saturated heterocycles. The molecule has 0 fully saturated rings. The van der Waals surface area contributed by atoms with E-state index in [9.17, 15) is 9.59 Å². The zero-order chi connectivity index (χ0) is 28.8. The van der Waals surface area contributed by atoms with Crippen LogP contribution in [0.15, 0.2) is 41.4 Å². The number of benzene rings is 1. The van der Waals surface area contributed by atoms with Crippen molar-refractivity contribution in [2.45, 2.75) is 59.6 Å². The SMILES string of the molecule is COC(=O)c1ccc(-c2ccc(C3=N[C@@H](CC(=O)OC(C)(C)C)c4nnc(C)n4-c4sc(C)c(C)c43)cc2)nn1. The average molecular weight is 559 g/mol. The van der Waals surface area contributed by atoms with Gasteiger partial charge in [-0.1, -0.05) is 24.3 Å². The van der Waals surface area contributed by atoms with Gasteiger partial charge in [-0.05, 0) is 59.2 Å². The summed E-state index contributed by atoms with van der Waals surface area (Å²) < 4.78 is 12.4. The molecule has 0 spiro atoms. The number of nitrogens with zero attached hydrogens (tertiary/aromatic N) is 6. The van der Waals surface area contributed by atoms with E-state index < -0.39 is 17.6 Å². The lowest BCUT2D eigenvalue weighted by Gasteiger charge is -2.21. The van der Waals surface area contributed by atoms with E-state index in [4.69, 9.17) is 14.5 Å². The summed E-state index contributed by atoms with van der Waals surface area (Å²) in [7, 11) is 1.30. The Balaban J connectivity index is 1.58. The molecule has 4 aromatic rings. The highest BCUT2D eigenvalue weighted by molar-refractivity contribution is 7.15. The van der Waals surface area contributed by atoms with Crippen molar-refractivity contribution in [2.24, 2.45) is 4.99 Å². The lowest BCUT2D eigenvalue weighted by atomic mass is 9.98. The number of rotatable bonds is 5. The Morgan fingerprint density at radius 1 is 0.950 bits per heavy atom. The molecule has 1 atom stereocenters. The third kappa shape index (κ3) is 5.16. The Bertz CT molecular complexity index is 1630. The average Bonchev–Trinajstić information content (AvgIpc) is 3.39. The van der Waals surface area contributed by atoms with Gasteiger partial charge >= 0.3 is 11.9 Å². The summed E-state index contributed by atoms with van der Waals surface area (Å²) in [6.07, 6.45) is 0.0338. The summed E-state index contributed by atoms with van der Waals surface area (Å²) in [4.78, 5) is 31.0. The number of ether oxygens (including phenoxy) is 2. The molecule has 0 bridgehead atoms. The van der Waals surface area contributed by atoms with Gasteiger partial charge in [0.1, 0.15) is 22.5 Å². The van der Waals surface area contributed by atoms with Gasteiger partial charge in [0.25, 0.3) is 0 Å². The first-order chi connectivity index (χ1) is 19.0. The molecule has 0 N–H and O–H groups in total. The number of fused-ring (bicyclic) bond motifs is 3. The second-order valence-corrected chi connectivity index (χ2v) is 11.8. The number of aryl methyl sites for hydroxylation is 2. The van der Waals surface area contributed by atoms with E-state index in [0.717, 1.165) is 38.8 Å². The van der Waals surface area contributed by atoms with Crippen molar-refractivity contribution in [3.05, 3.63) is 75.3 Å². The fourth-order valence-electron chi connectivity index (χ4n) is 4.56. The van der Waals surface area contributed by atoms with Crippen LogP contribution < -0.4 is 0 Å². The van der Waals surface area contributed by atoms with Crippen molar-refractivity contribution in [2.75, 3.05) is 7.11 Å². The largest absolute Gasteiger partial charge is 0.464 e. The molecule has 0 radical (unpaired) electrons. The molecule has 206 valence electrons. The number of methoxy groups -OCH3 is 1. The third-order valence-electron chi connectivity index (χ3n) is 6.53. The predicted octanol–water partition coefficient (Wildman–Crippen LogP) is 5.12. The molecule has 4 heterocycles. The fourth-order valence-corrected chi connectivity index (χ4v) is 5.78. The molecule has 11 heteroatoms. The van der Waals surface area contributed by atoms with Crippen LogP contribution in [-0.4, -0.2) is 55.3 Å². The van der Waals surface area contributed by atoms with E-state index in [1.54, 1.807) is 23.5 Å². The standard InChI is InChI=1S/C29H30N6O4S/c1-15-16(2)40-27-24(15)25(19-10-8-18(9-11-19)20-12-13-21(33-32-20)28(37)38-7)30-22(14-23(36)39-29(4,5)6)26-34-31-17(3)35(26)27/h8-13,22H,14H2,1-7H3/t22-/m0/s1. The van der Waals surface area contributed by atoms with Crippen LogP contribution in [0.5, 0.6) is 0 Å². The number of thiophene rings is 1. The molecule has 1 aliphatic heterocycles. The molecule has 0 saturated carbocycles. The summed E-state index contributed by atoms with van der Waals surface area (Å²) in [6.45, 7) is 11.6. The third-order valence-corrected chi connectivity index (χ3v) is 7.73. The summed E-state index contributed by atoms with van der Waals surface area (Å²) in [6, 6.07) is 10.6. The second kappa shape index (κ2) is 10.4. The van der Waals surface area contributed by atoms with Crippen LogP contribution in [0, 0.1) is 20.8 Å². The highest BCUT2D eigenvalue weighted by atomic mass is 32.1. The van der Waals surface area contributed by atoms with Gasteiger partial charge in [0, 0.05) is 21.6 Å². The quantitative estimate of drug-likeness (QED) is 0.309. The van der Waals surface area contributed by atoms with Crippen LogP contribution in [0.3, 0.4) is 0 Å². The summed E-state index contributed by atoms with van der Waals surface area (Å²) in [5.74, 6) is 0.450. The van der Waals surface area contributed by atoms with Gasteiger partial charge in [0.2, 0.25) is 0 Å². The van der Waals surface area contributed by atoms with Crippen LogP contribution in [0.1, 0.15) is 76.9 Å². The summed E-state index contributed by atoms with van der Waals surface area (Å²) in [5.41, 5.74) is 4.75. The molecule has 1 aliphatic rings. The first kappa shape index (κ1) is 27.3. The molecule has 0 unspecified atom stereocenters. The Morgan fingerprint density at radius 2 is 1.65 bits per heavy atom. The van der Waals surface area contributed by atoms with E-state index in [2.05, 4.69) is 34.2 Å². The van der Waals surface area contributed by atoms with E-state index in [-0.39, 0.29) is 18.1 Å². The van der Waals surface area contributed by atoms with Crippen molar-refractivity contribution >= 4 is 29.0 Å². The lowest BCUT2D eigenvalue weighted by Crippen LogP contribution is -2.25. The van der Waals surface area contributed by atoms with Crippen LogP contribution in [0.2, 0.25) is 0 Å². The Kier molecular flexibility index (Phi) is 7.09. The minimum atomic E-state index is -0.613. The van der Waals surface area contributed by atoms with E-state index in [1.807, 2.05) is 56.5 Å². The monoisotopic (exact) mass is 558 g/mol. The zero-order valence-corrected chi connectivity index (χ0v) is 24.3. The summed E-state index contributed by atoms with van der Waals surface area (Å²) in [5, 5.41) is 17.9. The van der Waals surface area contributed by atoms with E-state index in [0.29, 0.717) is 11.5 Å². The molecule has 5 rings (SSSR count). The number of hydrogen-bond acceptors (Lipinski definition) is 10. The second-order valence-electron chi connectivity index (χ2n) is 10.6. The molecule has 3 aromatic heterocycles. The molecule has 40 heavy (non-hydrogen) atoms. The van der Waals surface area contributed by atoms with Gasteiger partial charge in [-0.3, -0.25) is 14.4 Å². The molecular weight excluding hydrogens is 528 g/mol. The van der Waals surface area contributed by atoms with Gasteiger partial charge in [0.15, 0.2) is 11.5 Å². The number of esters is 2. The molecule has 1 aromatic carbocycles. The zero-order valence-electron chi connectivity index (χ0n) is 23.5. The van der Waals surface area contributed by atoms with E-state index >= 15 is 0 Å². The summed E-state index contributed by atoms with van der Waals surface area (Å²) >= 11 is 1.66. The topological polar surface area (TPSA) is 121 Å². The first-order valence-corrected chi connectivity index (χ1v) is 13.6. The Morgan fingerprint density at radius 3 is 2.27 bits per heavy atom. The highest BCUT2D eigenvalue weighted by Gasteiger charge is 2.33. The number of aromatic nitrogens is 5. The fraction of sp³-hybridized carbons (Fsp3) is 0.345. The van der Waals surface area contributed by atoms with Gasteiger partial charge in [0.05, 0.1) is 24.9 Å². The maximum Gasteiger partial charge on any atom is 0.358 e. The molecule has 10 nitrogen and oxygen atoms in total. The van der Waals surface area contributed by atoms with Gasteiger partial charge in [-0.15, -0.1) is 31.7 Å². The number of carbonyl (C=O) groups is 2. The maximum atomic E-state index is 12.9. The van der Waals surface area contributed by atoms with Gasteiger partial charge in [-0.25, -0.2) is 4.79 Å². The predicted molar refractivity (Wildman–Crippen MR) is 151 cm³/mol. The van der Waals surface area contributed by atoms with E-state index in [1.165, 1.54) is 12.0 Å². The normalized spacial score (nSPS) is 14.6. The van der Waals surface area contributed by atoms with Crippen LogP contribution >= 0.6 is 11.3 Å². The minimum absolute atomic E-state index is 0.0338. The maximum absolute atomic E-state index is 12.9. The first-order valence-electron chi connectivity index (χ1n) is 12.8. The van der Waals surface area contributed by atoms with Crippen LogP contribution in [0.25, 0.3) is 16.3 Å². The lowest BCUT2D eigenvalue weighted by molar-refractivity contribution is -0.155. The van der Waals surface area contributed by atoms with Crippen molar-refractivity contribution in [1.29, 1.82) is 0 Å². The number of hydrogen-bond donors (Lipinski definition) is 0. The minimum Gasteiger partial charge on any atom is -0.464 e. The number of aliphatic imine (C=N–C) groups is 1. The molecule has 0 aliphatic carbocycles.